The lowest BCUT2D eigenvalue weighted by Crippen LogP contribution is -2.43. The normalized spacial score (nSPS) is 12.9. The lowest BCUT2D eigenvalue weighted by Gasteiger charge is -2.29. The molecule has 0 heterocycles. The van der Waals surface area contributed by atoms with Crippen LogP contribution in [0.25, 0.3) is 0 Å². The molecule has 1 N–H and O–H groups in total. The van der Waals surface area contributed by atoms with Gasteiger partial charge >= 0.3 is 0 Å². The smallest absolute Gasteiger partial charge is 0.0593 e. The molecule has 0 fully saturated rings. The van der Waals surface area contributed by atoms with Crippen molar-refractivity contribution in [2.24, 2.45) is 0 Å². The second-order valence-electron chi connectivity index (χ2n) is 4.23. The van der Waals surface area contributed by atoms with Crippen LogP contribution in [0.3, 0.4) is 0 Å². The Balaban J connectivity index is 3.94. The summed E-state index contributed by atoms with van der Waals surface area (Å²) in [4.78, 5) is 2.40. The van der Waals surface area contributed by atoms with Gasteiger partial charge in [-0.15, -0.1) is 6.58 Å². The first-order valence-corrected chi connectivity index (χ1v) is 6.97. The van der Waals surface area contributed by atoms with E-state index < -0.39 is 0 Å². The first-order chi connectivity index (χ1) is 8.76. The monoisotopic (exact) mass is 258 g/mol. The van der Waals surface area contributed by atoms with Gasteiger partial charge in [0.2, 0.25) is 0 Å². The third kappa shape index (κ3) is 9.59. The van der Waals surface area contributed by atoms with E-state index in [2.05, 4.69) is 23.7 Å². The van der Waals surface area contributed by atoms with Crippen molar-refractivity contribution in [2.45, 2.75) is 26.8 Å². The van der Waals surface area contributed by atoms with Crippen LogP contribution in [0.5, 0.6) is 0 Å². The maximum Gasteiger partial charge on any atom is 0.0593 e. The first kappa shape index (κ1) is 17.6. The van der Waals surface area contributed by atoms with E-state index in [1.54, 1.807) is 0 Å². The van der Waals surface area contributed by atoms with Crippen LogP contribution in [0.2, 0.25) is 0 Å². The van der Waals surface area contributed by atoms with Crippen molar-refractivity contribution in [1.29, 1.82) is 0 Å². The van der Waals surface area contributed by atoms with Gasteiger partial charge in [-0.2, -0.15) is 0 Å². The van der Waals surface area contributed by atoms with Gasteiger partial charge in [0, 0.05) is 45.4 Å². The zero-order chi connectivity index (χ0) is 13.6. The quantitative estimate of drug-likeness (QED) is 0.401. The summed E-state index contributed by atoms with van der Waals surface area (Å²) in [6, 6.07) is 0.478. The fourth-order valence-electron chi connectivity index (χ4n) is 1.73. The average Bonchev–Trinajstić information content (AvgIpc) is 2.37. The molecule has 0 radical (unpaired) electrons. The van der Waals surface area contributed by atoms with Gasteiger partial charge in [-0.1, -0.05) is 6.08 Å². The molecule has 108 valence electrons. The van der Waals surface area contributed by atoms with Crippen LogP contribution in [-0.4, -0.2) is 63.5 Å². The summed E-state index contributed by atoms with van der Waals surface area (Å²) in [5.74, 6) is 0. The molecule has 0 rings (SSSR count). The summed E-state index contributed by atoms with van der Waals surface area (Å²) in [5.41, 5.74) is 0. The number of rotatable bonds is 13. The van der Waals surface area contributed by atoms with Gasteiger partial charge in [-0.25, -0.2) is 0 Å². The highest BCUT2D eigenvalue weighted by atomic mass is 16.5. The van der Waals surface area contributed by atoms with Crippen LogP contribution in [0, 0.1) is 0 Å². The molecule has 0 aromatic rings. The van der Waals surface area contributed by atoms with Crippen LogP contribution in [0.15, 0.2) is 12.7 Å². The summed E-state index contributed by atoms with van der Waals surface area (Å²) >= 11 is 0. The molecule has 4 nitrogen and oxygen atoms in total. The number of hydrogen-bond donors (Lipinski definition) is 1. The molecule has 0 aromatic carbocycles. The van der Waals surface area contributed by atoms with E-state index in [1.165, 1.54) is 0 Å². The Labute approximate surface area is 112 Å². The Kier molecular flexibility index (Phi) is 12.7. The van der Waals surface area contributed by atoms with Gasteiger partial charge < -0.3 is 14.8 Å². The minimum atomic E-state index is 0.478. The van der Waals surface area contributed by atoms with Crippen molar-refractivity contribution in [3.63, 3.8) is 0 Å². The molecule has 0 aromatic heterocycles. The first-order valence-electron chi connectivity index (χ1n) is 6.97. The molecule has 0 saturated carbocycles. The number of hydrogen-bond acceptors (Lipinski definition) is 4. The third-order valence-electron chi connectivity index (χ3n) is 2.81. The van der Waals surface area contributed by atoms with Gasteiger partial charge in [0.1, 0.15) is 0 Å². The Morgan fingerprint density at radius 2 is 1.72 bits per heavy atom. The summed E-state index contributed by atoms with van der Waals surface area (Å²) in [5, 5.41) is 3.35. The molecular weight excluding hydrogens is 228 g/mol. The highest BCUT2D eigenvalue weighted by molar-refractivity contribution is 4.74. The van der Waals surface area contributed by atoms with Crippen molar-refractivity contribution in [2.75, 3.05) is 52.6 Å². The van der Waals surface area contributed by atoms with Gasteiger partial charge in [-0.3, -0.25) is 4.90 Å². The van der Waals surface area contributed by atoms with E-state index in [-0.39, 0.29) is 0 Å². The molecule has 0 aliphatic heterocycles. The predicted octanol–water partition coefficient (Wildman–Crippen LogP) is 1.53. The highest BCUT2D eigenvalue weighted by Gasteiger charge is 2.12. The van der Waals surface area contributed by atoms with Crippen LogP contribution in [0.1, 0.15) is 20.8 Å². The molecule has 0 amide bonds. The summed E-state index contributed by atoms with van der Waals surface area (Å²) in [6.07, 6.45) is 1.89. The fraction of sp³-hybridized carbons (Fsp3) is 0.857. The largest absolute Gasteiger partial charge is 0.380 e. The number of ether oxygens (including phenoxy) is 2. The topological polar surface area (TPSA) is 33.7 Å². The Bertz CT molecular complexity index is 179. The Morgan fingerprint density at radius 3 is 2.17 bits per heavy atom. The molecule has 0 spiro atoms. The van der Waals surface area contributed by atoms with Crippen molar-refractivity contribution in [1.82, 2.24) is 10.2 Å². The molecule has 1 unspecified atom stereocenters. The lowest BCUT2D eigenvalue weighted by atomic mass is 10.2. The van der Waals surface area contributed by atoms with Gasteiger partial charge in [0.25, 0.3) is 0 Å². The Hall–Kier alpha value is -0.420. The lowest BCUT2D eigenvalue weighted by molar-refractivity contribution is 0.0663. The second kappa shape index (κ2) is 13.0. The summed E-state index contributed by atoms with van der Waals surface area (Å²) in [7, 11) is 0. The average molecular weight is 258 g/mol. The molecule has 1 atom stereocenters. The van der Waals surface area contributed by atoms with E-state index in [9.17, 15) is 0 Å². The molecule has 0 aliphatic rings. The number of nitrogens with one attached hydrogen (secondary N) is 1. The van der Waals surface area contributed by atoms with Crippen molar-refractivity contribution >= 4 is 0 Å². The zero-order valence-electron chi connectivity index (χ0n) is 12.3. The van der Waals surface area contributed by atoms with Crippen molar-refractivity contribution in [3.8, 4) is 0 Å². The van der Waals surface area contributed by atoms with Gasteiger partial charge in [0.15, 0.2) is 0 Å². The fourth-order valence-corrected chi connectivity index (χ4v) is 1.73. The van der Waals surface area contributed by atoms with Crippen LogP contribution in [-0.2, 0) is 9.47 Å². The molecule has 18 heavy (non-hydrogen) atoms. The minimum Gasteiger partial charge on any atom is -0.380 e. The zero-order valence-corrected chi connectivity index (χ0v) is 12.3. The predicted molar refractivity (Wildman–Crippen MR) is 77.1 cm³/mol. The van der Waals surface area contributed by atoms with Crippen LogP contribution < -0.4 is 5.32 Å². The van der Waals surface area contributed by atoms with E-state index in [1.807, 2.05) is 19.9 Å². The van der Waals surface area contributed by atoms with E-state index in [4.69, 9.17) is 9.47 Å². The van der Waals surface area contributed by atoms with E-state index in [0.29, 0.717) is 6.04 Å². The molecule has 0 saturated heterocycles. The molecule has 0 aliphatic carbocycles. The summed E-state index contributed by atoms with van der Waals surface area (Å²) in [6.45, 7) is 16.9. The van der Waals surface area contributed by atoms with Gasteiger partial charge in [-0.05, 0) is 20.8 Å². The molecular formula is C14H30N2O2. The number of nitrogens with zero attached hydrogens (tertiary/aromatic N) is 1. The summed E-state index contributed by atoms with van der Waals surface area (Å²) < 4.78 is 10.9. The van der Waals surface area contributed by atoms with E-state index in [0.717, 1.165) is 52.6 Å². The molecule has 0 bridgehead atoms. The second-order valence-corrected chi connectivity index (χ2v) is 4.23. The minimum absolute atomic E-state index is 0.478. The van der Waals surface area contributed by atoms with Crippen molar-refractivity contribution in [3.05, 3.63) is 12.7 Å². The van der Waals surface area contributed by atoms with Gasteiger partial charge in [0.05, 0.1) is 13.2 Å². The van der Waals surface area contributed by atoms with Crippen molar-refractivity contribution < 1.29 is 9.47 Å². The Morgan fingerprint density at radius 1 is 1.17 bits per heavy atom. The standard InChI is InChI=1S/C14H30N2O2/c1-5-8-15-13-14(4)16(9-11-17-6-2)10-12-18-7-3/h5,14-15H,1,6-13H2,2-4H3. The molecule has 4 heteroatoms. The van der Waals surface area contributed by atoms with E-state index >= 15 is 0 Å². The maximum absolute atomic E-state index is 5.43. The SMILES string of the molecule is C=CCNCC(C)N(CCOCC)CCOCC. The van der Waals surface area contributed by atoms with Crippen LogP contribution >= 0.6 is 0 Å². The highest BCUT2D eigenvalue weighted by Crippen LogP contribution is 1.98. The maximum atomic E-state index is 5.43. The van der Waals surface area contributed by atoms with Crippen LogP contribution in [0.4, 0.5) is 0 Å². The third-order valence-corrected chi connectivity index (χ3v) is 2.81.